The Hall–Kier alpha value is 0.452. The van der Waals surface area contributed by atoms with Crippen LogP contribution in [0.1, 0.15) is 13.8 Å². The molecule has 0 aliphatic rings. The molecule has 44 valence electrons. The topological polar surface area (TPSA) is 46.1 Å². The molecule has 0 fully saturated rings. The molecule has 7 heavy (non-hydrogen) atoms. The molecule has 0 radical (unpaired) electrons. The van der Waals surface area contributed by atoms with E-state index in [4.69, 9.17) is 10.2 Å². The monoisotopic (exact) mass is 142 g/mol. The van der Waals surface area contributed by atoms with Crippen molar-refractivity contribution in [3.05, 3.63) is 0 Å². The zero-order valence-electron chi connectivity index (χ0n) is 4.64. The van der Waals surface area contributed by atoms with Crippen molar-refractivity contribution < 1.29 is 27.6 Å². The van der Waals surface area contributed by atoms with Crippen LogP contribution in [-0.2, 0) is 17.4 Å². The van der Waals surface area contributed by atoms with Crippen LogP contribution in [0, 0.1) is 0 Å². The van der Waals surface area contributed by atoms with Crippen LogP contribution >= 0.6 is 0 Å². The molecule has 0 amide bonds. The smallest absolute Gasteiger partial charge is 0.855 e. The van der Waals surface area contributed by atoms with E-state index in [1.807, 2.05) is 0 Å². The largest absolute Gasteiger partial charge is 2.00 e. The van der Waals surface area contributed by atoms with Crippen molar-refractivity contribution in [3.63, 3.8) is 0 Å². The molecule has 2 nitrogen and oxygen atoms in total. The quantitative estimate of drug-likeness (QED) is 0.423. The van der Waals surface area contributed by atoms with Crippen LogP contribution < -0.4 is 10.2 Å². The summed E-state index contributed by atoms with van der Waals surface area (Å²) in [4.78, 5) is 0. The van der Waals surface area contributed by atoms with Gasteiger partial charge in [0.25, 0.3) is 0 Å². The minimum absolute atomic E-state index is 0. The fourth-order valence-electron chi connectivity index (χ4n) is 0. The summed E-state index contributed by atoms with van der Waals surface area (Å²) in [6, 6.07) is 0. The normalized spacial score (nSPS) is 5.14. The van der Waals surface area contributed by atoms with Crippen molar-refractivity contribution in [3.8, 4) is 0 Å². The van der Waals surface area contributed by atoms with Crippen LogP contribution in [-0.4, -0.2) is 13.2 Å². The van der Waals surface area contributed by atoms with Gasteiger partial charge in [-0.2, -0.15) is 0 Å². The average molecular weight is 142 g/mol. The third-order valence-electron chi connectivity index (χ3n) is 0. The van der Waals surface area contributed by atoms with E-state index in [0.717, 1.165) is 0 Å². The first kappa shape index (κ1) is 15.7. The van der Waals surface area contributed by atoms with Gasteiger partial charge in [-0.25, -0.2) is 0 Å². The Morgan fingerprint density at radius 3 is 1.00 bits per heavy atom. The Morgan fingerprint density at radius 1 is 1.00 bits per heavy atom. The molecule has 0 aromatic heterocycles. The number of rotatable bonds is 0. The fraction of sp³-hybridized carbons (Fsp3) is 1.00. The van der Waals surface area contributed by atoms with Crippen molar-refractivity contribution in [1.29, 1.82) is 0 Å². The molecule has 0 spiro atoms. The first-order valence-corrected chi connectivity index (χ1v) is 1.99. The van der Waals surface area contributed by atoms with Crippen molar-refractivity contribution in [1.82, 2.24) is 0 Å². The minimum atomic E-state index is 0. The molecule has 0 rings (SSSR count). The molecule has 0 unspecified atom stereocenters. The molecule has 0 aliphatic carbocycles. The molecule has 0 saturated heterocycles. The number of hydrogen-bond donors (Lipinski definition) is 0. The van der Waals surface area contributed by atoms with Gasteiger partial charge in [-0.05, 0) is 0 Å². The molecule has 0 aromatic rings. The summed E-state index contributed by atoms with van der Waals surface area (Å²) < 4.78 is 0. The summed E-state index contributed by atoms with van der Waals surface area (Å²) in [7, 11) is 0. The second kappa shape index (κ2) is 31.9. The van der Waals surface area contributed by atoms with Gasteiger partial charge in [0.2, 0.25) is 0 Å². The molecule has 3 heteroatoms. The van der Waals surface area contributed by atoms with Gasteiger partial charge in [0, 0.05) is 0 Å². The Labute approximate surface area is 55.3 Å². The molecule has 0 atom stereocenters. The van der Waals surface area contributed by atoms with Gasteiger partial charge < -0.3 is 10.2 Å². The molecule has 0 saturated carbocycles. The number of hydrogen-bond acceptors (Lipinski definition) is 2. The van der Waals surface area contributed by atoms with E-state index in [1.54, 1.807) is 13.8 Å². The summed E-state index contributed by atoms with van der Waals surface area (Å²) in [6.07, 6.45) is 0. The SMILES string of the molecule is CC[O-].CC[O-].[Cr+2]. The maximum atomic E-state index is 8.93. The maximum Gasteiger partial charge on any atom is 2.00 e. The van der Waals surface area contributed by atoms with E-state index in [2.05, 4.69) is 0 Å². The standard InChI is InChI=1S/2C2H5O.Cr/c2*1-2-3;/h2*2H2,1H3;/q2*-1;+2. The molecule has 0 N–H and O–H groups in total. The van der Waals surface area contributed by atoms with Crippen molar-refractivity contribution in [2.45, 2.75) is 13.8 Å². The van der Waals surface area contributed by atoms with E-state index < -0.39 is 0 Å². The van der Waals surface area contributed by atoms with Gasteiger partial charge in [-0.15, -0.1) is 13.2 Å². The van der Waals surface area contributed by atoms with Crippen molar-refractivity contribution in [2.75, 3.05) is 13.2 Å². The third kappa shape index (κ3) is 625. The van der Waals surface area contributed by atoms with Crippen LogP contribution in [0.2, 0.25) is 0 Å². The first-order valence-electron chi connectivity index (χ1n) is 1.99. The van der Waals surface area contributed by atoms with Gasteiger partial charge in [-0.1, -0.05) is 13.8 Å². The van der Waals surface area contributed by atoms with Crippen LogP contribution in [0.25, 0.3) is 0 Å². The summed E-state index contributed by atoms with van der Waals surface area (Å²) in [5.41, 5.74) is 0. The molecular weight excluding hydrogens is 132 g/mol. The zero-order chi connectivity index (χ0) is 5.41. The van der Waals surface area contributed by atoms with Gasteiger partial charge in [0.1, 0.15) is 0 Å². The molecule has 0 aromatic carbocycles. The molecule has 0 heterocycles. The Balaban J connectivity index is -0.0000000400. The first-order chi connectivity index (χ1) is 2.83. The Bertz CT molecular complexity index is 11.7. The second-order valence-electron chi connectivity index (χ2n) is 0.577. The molecule has 0 aliphatic heterocycles. The van der Waals surface area contributed by atoms with E-state index in [0.29, 0.717) is 0 Å². The summed E-state index contributed by atoms with van der Waals surface area (Å²) >= 11 is 0. The van der Waals surface area contributed by atoms with Crippen LogP contribution in [0.4, 0.5) is 0 Å². The van der Waals surface area contributed by atoms with Crippen molar-refractivity contribution in [2.24, 2.45) is 0 Å². The van der Waals surface area contributed by atoms with Gasteiger partial charge in [-0.3, -0.25) is 0 Å². The Kier molecular flexibility index (Phi) is 71.3. The molecule has 0 bridgehead atoms. The van der Waals surface area contributed by atoms with Gasteiger partial charge >= 0.3 is 17.4 Å². The average Bonchev–Trinajstić information content (AvgIpc) is 1.39. The zero-order valence-corrected chi connectivity index (χ0v) is 5.91. The second-order valence-corrected chi connectivity index (χ2v) is 0.577. The fourth-order valence-corrected chi connectivity index (χ4v) is 0. The summed E-state index contributed by atoms with van der Waals surface area (Å²) in [6.45, 7) is 3.14. The minimum Gasteiger partial charge on any atom is -0.855 e. The maximum absolute atomic E-state index is 8.93. The predicted molar refractivity (Wildman–Crippen MR) is 21.1 cm³/mol. The van der Waals surface area contributed by atoms with E-state index >= 15 is 0 Å². The van der Waals surface area contributed by atoms with E-state index in [9.17, 15) is 0 Å². The third-order valence-corrected chi connectivity index (χ3v) is 0. The van der Waals surface area contributed by atoms with Gasteiger partial charge in [0.15, 0.2) is 0 Å². The van der Waals surface area contributed by atoms with Crippen LogP contribution in [0.3, 0.4) is 0 Å². The van der Waals surface area contributed by atoms with Crippen LogP contribution in [0.5, 0.6) is 0 Å². The van der Waals surface area contributed by atoms with Crippen molar-refractivity contribution >= 4 is 0 Å². The molecular formula is C4H10CrO2. The summed E-state index contributed by atoms with van der Waals surface area (Å²) in [5, 5.41) is 17.9. The van der Waals surface area contributed by atoms with E-state index in [-0.39, 0.29) is 30.6 Å². The Morgan fingerprint density at radius 2 is 1.00 bits per heavy atom. The van der Waals surface area contributed by atoms with E-state index in [1.165, 1.54) is 0 Å². The van der Waals surface area contributed by atoms with Crippen LogP contribution in [0.15, 0.2) is 0 Å². The van der Waals surface area contributed by atoms with Gasteiger partial charge in [0.05, 0.1) is 0 Å². The summed E-state index contributed by atoms with van der Waals surface area (Å²) in [5.74, 6) is 0. The predicted octanol–water partition coefficient (Wildman–Crippen LogP) is -1.27.